The van der Waals surface area contributed by atoms with Crippen molar-refractivity contribution in [1.29, 1.82) is 0 Å². The van der Waals surface area contributed by atoms with E-state index in [0.717, 1.165) is 11.3 Å². The number of nitrogens with one attached hydrogen (secondary N) is 1. The third-order valence-corrected chi connectivity index (χ3v) is 4.74. The van der Waals surface area contributed by atoms with Gasteiger partial charge in [-0.05, 0) is 43.7 Å². The fourth-order valence-corrected chi connectivity index (χ4v) is 2.95. The van der Waals surface area contributed by atoms with Gasteiger partial charge < -0.3 is 19.4 Å². The summed E-state index contributed by atoms with van der Waals surface area (Å²) in [4.78, 5) is 28.7. The lowest BCUT2D eigenvalue weighted by atomic mass is 9.85. The van der Waals surface area contributed by atoms with E-state index in [-0.39, 0.29) is 17.6 Å². The number of para-hydroxylation sites is 2. The standard InChI is InChI=1S/C22H23N3O4/c1-22(2,21(27)29-4)15-9-11-16(12-10-15)24-20(26)17-13-25(14-23-17)18-7-5-6-8-19(18)28-3/h5-14H,1-4H3,(H,24,26). The molecule has 0 bridgehead atoms. The molecular formula is C22H23N3O4. The summed E-state index contributed by atoms with van der Waals surface area (Å²) in [5, 5.41) is 2.81. The second-order valence-electron chi connectivity index (χ2n) is 6.99. The van der Waals surface area contributed by atoms with Gasteiger partial charge in [-0.3, -0.25) is 9.59 Å². The molecule has 0 aliphatic heterocycles. The van der Waals surface area contributed by atoms with Gasteiger partial charge in [0.1, 0.15) is 17.8 Å². The van der Waals surface area contributed by atoms with E-state index in [1.807, 2.05) is 24.3 Å². The van der Waals surface area contributed by atoms with Crippen LogP contribution in [-0.4, -0.2) is 35.6 Å². The van der Waals surface area contributed by atoms with Gasteiger partial charge in [-0.1, -0.05) is 24.3 Å². The topological polar surface area (TPSA) is 82.5 Å². The van der Waals surface area contributed by atoms with Crippen LogP contribution in [0.25, 0.3) is 5.69 Å². The number of carbonyl (C=O) groups is 2. The first-order valence-corrected chi connectivity index (χ1v) is 9.04. The molecule has 1 aromatic heterocycles. The lowest BCUT2D eigenvalue weighted by Crippen LogP contribution is -2.30. The van der Waals surface area contributed by atoms with Crippen molar-refractivity contribution in [2.75, 3.05) is 19.5 Å². The molecule has 2 aromatic carbocycles. The van der Waals surface area contributed by atoms with E-state index in [0.29, 0.717) is 11.4 Å². The number of hydrogen-bond acceptors (Lipinski definition) is 5. The fraction of sp³-hybridized carbons (Fsp3) is 0.227. The number of carbonyl (C=O) groups excluding carboxylic acids is 2. The van der Waals surface area contributed by atoms with Crippen LogP contribution in [0, 0.1) is 0 Å². The second kappa shape index (κ2) is 8.18. The summed E-state index contributed by atoms with van der Waals surface area (Å²) in [6, 6.07) is 14.5. The van der Waals surface area contributed by atoms with Crippen LogP contribution >= 0.6 is 0 Å². The summed E-state index contributed by atoms with van der Waals surface area (Å²) in [6.07, 6.45) is 3.21. The molecule has 0 aliphatic rings. The van der Waals surface area contributed by atoms with Crippen molar-refractivity contribution >= 4 is 17.6 Å². The Labute approximate surface area is 169 Å². The van der Waals surface area contributed by atoms with E-state index < -0.39 is 5.41 Å². The van der Waals surface area contributed by atoms with Crippen LogP contribution in [0.2, 0.25) is 0 Å². The van der Waals surface area contributed by atoms with Crippen molar-refractivity contribution in [2.45, 2.75) is 19.3 Å². The third-order valence-electron chi connectivity index (χ3n) is 4.74. The van der Waals surface area contributed by atoms with Gasteiger partial charge in [-0.2, -0.15) is 0 Å². The highest BCUT2D eigenvalue weighted by atomic mass is 16.5. The molecule has 3 rings (SSSR count). The molecular weight excluding hydrogens is 370 g/mol. The maximum Gasteiger partial charge on any atom is 0.315 e. The van der Waals surface area contributed by atoms with Gasteiger partial charge in [0.25, 0.3) is 5.91 Å². The van der Waals surface area contributed by atoms with Crippen LogP contribution < -0.4 is 10.1 Å². The molecule has 3 aromatic rings. The van der Waals surface area contributed by atoms with E-state index in [2.05, 4.69) is 10.3 Å². The minimum atomic E-state index is -0.773. The molecule has 0 saturated heterocycles. The fourth-order valence-electron chi connectivity index (χ4n) is 2.95. The normalized spacial score (nSPS) is 11.0. The number of imidazole rings is 1. The maximum absolute atomic E-state index is 12.6. The first kappa shape index (κ1) is 20.1. The monoisotopic (exact) mass is 393 g/mol. The Morgan fingerprint density at radius 3 is 2.38 bits per heavy atom. The summed E-state index contributed by atoms with van der Waals surface area (Å²) in [5.74, 6) is 0.0236. The van der Waals surface area contributed by atoms with E-state index in [1.165, 1.54) is 7.11 Å². The lowest BCUT2D eigenvalue weighted by Gasteiger charge is -2.22. The Morgan fingerprint density at radius 2 is 1.72 bits per heavy atom. The van der Waals surface area contributed by atoms with E-state index in [4.69, 9.17) is 9.47 Å². The highest BCUT2D eigenvalue weighted by Crippen LogP contribution is 2.26. The predicted octanol–water partition coefficient (Wildman–Crippen LogP) is 3.58. The van der Waals surface area contributed by atoms with Gasteiger partial charge in [-0.15, -0.1) is 0 Å². The van der Waals surface area contributed by atoms with Crippen molar-refractivity contribution in [1.82, 2.24) is 9.55 Å². The van der Waals surface area contributed by atoms with Crippen molar-refractivity contribution < 1.29 is 19.1 Å². The number of anilines is 1. The SMILES string of the molecule is COC(=O)C(C)(C)c1ccc(NC(=O)c2cn(-c3ccccc3OC)cn2)cc1. The van der Waals surface area contributed by atoms with Gasteiger partial charge in [0, 0.05) is 11.9 Å². The Kier molecular flexibility index (Phi) is 5.68. The molecule has 0 saturated carbocycles. The van der Waals surface area contributed by atoms with Crippen molar-refractivity contribution in [3.8, 4) is 11.4 Å². The molecule has 0 unspecified atom stereocenters. The number of amides is 1. The number of hydrogen-bond donors (Lipinski definition) is 1. The van der Waals surface area contributed by atoms with Gasteiger partial charge >= 0.3 is 5.97 Å². The van der Waals surface area contributed by atoms with Gasteiger partial charge in [0.05, 0.1) is 25.3 Å². The highest BCUT2D eigenvalue weighted by molar-refractivity contribution is 6.02. The lowest BCUT2D eigenvalue weighted by molar-refractivity contribution is -0.146. The highest BCUT2D eigenvalue weighted by Gasteiger charge is 2.30. The Hall–Kier alpha value is -3.61. The molecule has 0 spiro atoms. The molecule has 29 heavy (non-hydrogen) atoms. The first-order valence-electron chi connectivity index (χ1n) is 9.04. The van der Waals surface area contributed by atoms with Crippen molar-refractivity contribution in [3.05, 3.63) is 72.3 Å². The van der Waals surface area contributed by atoms with Gasteiger partial charge in [0.2, 0.25) is 0 Å². The zero-order chi connectivity index (χ0) is 21.0. The summed E-state index contributed by atoms with van der Waals surface area (Å²) in [5.41, 5.74) is 1.69. The van der Waals surface area contributed by atoms with Gasteiger partial charge in [-0.25, -0.2) is 4.98 Å². The van der Waals surface area contributed by atoms with E-state index >= 15 is 0 Å². The van der Waals surface area contributed by atoms with Crippen LogP contribution in [0.1, 0.15) is 29.9 Å². The molecule has 7 nitrogen and oxygen atoms in total. The Balaban J connectivity index is 1.74. The molecule has 7 heteroatoms. The van der Waals surface area contributed by atoms with Crippen LogP contribution in [0.15, 0.2) is 61.1 Å². The number of rotatable bonds is 6. The number of aromatic nitrogens is 2. The molecule has 0 fully saturated rings. The first-order chi connectivity index (χ1) is 13.9. The second-order valence-corrected chi connectivity index (χ2v) is 6.99. The Bertz CT molecular complexity index is 1020. The molecule has 150 valence electrons. The predicted molar refractivity (Wildman–Crippen MR) is 110 cm³/mol. The molecule has 0 atom stereocenters. The van der Waals surface area contributed by atoms with E-state index in [1.54, 1.807) is 62.3 Å². The van der Waals surface area contributed by atoms with Crippen LogP contribution in [0.4, 0.5) is 5.69 Å². The number of benzene rings is 2. The van der Waals surface area contributed by atoms with Crippen LogP contribution in [0.5, 0.6) is 5.75 Å². The third kappa shape index (κ3) is 4.13. The minimum Gasteiger partial charge on any atom is -0.495 e. The summed E-state index contributed by atoms with van der Waals surface area (Å²) < 4.78 is 11.9. The maximum atomic E-state index is 12.6. The number of methoxy groups -OCH3 is 2. The quantitative estimate of drug-likeness (QED) is 0.647. The zero-order valence-corrected chi connectivity index (χ0v) is 16.8. The average Bonchev–Trinajstić information content (AvgIpc) is 3.23. The Morgan fingerprint density at radius 1 is 1.03 bits per heavy atom. The van der Waals surface area contributed by atoms with Crippen LogP contribution in [0.3, 0.4) is 0 Å². The summed E-state index contributed by atoms with van der Waals surface area (Å²) in [7, 11) is 2.96. The largest absolute Gasteiger partial charge is 0.495 e. The number of ether oxygens (including phenoxy) is 2. The summed E-state index contributed by atoms with van der Waals surface area (Å²) >= 11 is 0. The minimum absolute atomic E-state index is 0.273. The molecule has 0 aliphatic carbocycles. The molecule has 0 radical (unpaired) electrons. The average molecular weight is 393 g/mol. The smallest absolute Gasteiger partial charge is 0.315 e. The van der Waals surface area contributed by atoms with Crippen molar-refractivity contribution in [3.63, 3.8) is 0 Å². The summed E-state index contributed by atoms with van der Waals surface area (Å²) in [6.45, 7) is 3.58. The number of esters is 1. The van der Waals surface area contributed by atoms with Crippen molar-refractivity contribution in [2.24, 2.45) is 0 Å². The molecule has 1 amide bonds. The molecule has 1 heterocycles. The molecule has 1 N–H and O–H groups in total. The van der Waals surface area contributed by atoms with E-state index in [9.17, 15) is 9.59 Å². The van der Waals surface area contributed by atoms with Crippen LogP contribution in [-0.2, 0) is 14.9 Å². The zero-order valence-electron chi connectivity index (χ0n) is 16.8. The van der Waals surface area contributed by atoms with Gasteiger partial charge in [0.15, 0.2) is 0 Å². The number of nitrogens with zero attached hydrogens (tertiary/aromatic N) is 2.